The molecule has 0 fully saturated rings. The molecule has 0 bridgehead atoms. The van der Waals surface area contributed by atoms with Crippen molar-refractivity contribution in [3.8, 4) is 0 Å². The molecule has 0 unspecified atom stereocenters. The molecular weight excluding hydrogens is 294 g/mol. The van der Waals surface area contributed by atoms with Gasteiger partial charge in [0.2, 0.25) is 6.41 Å². The number of hydrogen-bond donors (Lipinski definition) is 2. The first-order valence-electron chi connectivity index (χ1n) is 6.44. The first-order valence-corrected chi connectivity index (χ1v) is 6.82. The molecule has 0 aliphatic rings. The Hall–Kier alpha value is -1.92. The van der Waals surface area contributed by atoms with Crippen molar-refractivity contribution in [2.75, 3.05) is 18.4 Å². The van der Waals surface area contributed by atoms with Gasteiger partial charge in [-0.15, -0.1) is 0 Å². The summed E-state index contributed by atoms with van der Waals surface area (Å²) in [6.07, 6.45) is 0.753. The van der Waals surface area contributed by atoms with E-state index in [9.17, 15) is 14.4 Å². The molecule has 0 aliphatic carbocycles. The number of nitrogens with one attached hydrogen (secondary N) is 1. The van der Waals surface area contributed by atoms with Gasteiger partial charge in [0.05, 0.1) is 10.7 Å². The average molecular weight is 312 g/mol. The predicted octanol–water partition coefficient (Wildman–Crippen LogP) is 1.23. The second-order valence-electron chi connectivity index (χ2n) is 4.64. The van der Waals surface area contributed by atoms with Crippen molar-refractivity contribution in [2.24, 2.45) is 5.73 Å². The van der Waals surface area contributed by atoms with E-state index in [4.69, 9.17) is 17.3 Å². The lowest BCUT2D eigenvalue weighted by molar-refractivity contribution is -0.146. The fourth-order valence-corrected chi connectivity index (χ4v) is 2.20. The lowest BCUT2D eigenvalue weighted by atomic mass is 10.1. The van der Waals surface area contributed by atoms with Gasteiger partial charge in [-0.2, -0.15) is 0 Å². The van der Waals surface area contributed by atoms with Crippen LogP contribution in [0.25, 0.3) is 0 Å². The highest BCUT2D eigenvalue weighted by molar-refractivity contribution is 6.42. The molecule has 21 heavy (non-hydrogen) atoms. The van der Waals surface area contributed by atoms with E-state index in [-0.39, 0.29) is 6.54 Å². The zero-order valence-electron chi connectivity index (χ0n) is 12.0. The number of aryl methyl sites for hydroxylation is 2. The molecule has 0 aliphatic heterocycles. The van der Waals surface area contributed by atoms with E-state index in [0.717, 1.165) is 16.0 Å². The number of nitrogens with zero attached hydrogens (tertiary/aromatic N) is 1. The number of rotatable bonds is 5. The molecule has 114 valence electrons. The van der Waals surface area contributed by atoms with Crippen molar-refractivity contribution < 1.29 is 14.4 Å². The Morgan fingerprint density at radius 3 is 2.57 bits per heavy atom. The number of halogens is 1. The Morgan fingerprint density at radius 1 is 1.38 bits per heavy atom. The van der Waals surface area contributed by atoms with Gasteiger partial charge in [-0.1, -0.05) is 17.7 Å². The van der Waals surface area contributed by atoms with Gasteiger partial charge in [0, 0.05) is 6.54 Å². The summed E-state index contributed by atoms with van der Waals surface area (Å²) >= 11 is 6.05. The topological polar surface area (TPSA) is 92.5 Å². The van der Waals surface area contributed by atoms with Crippen LogP contribution < -0.4 is 11.1 Å². The second-order valence-corrected chi connectivity index (χ2v) is 5.05. The number of benzene rings is 1. The van der Waals surface area contributed by atoms with Crippen LogP contribution in [-0.4, -0.2) is 36.2 Å². The third kappa shape index (κ3) is 4.54. The van der Waals surface area contributed by atoms with Gasteiger partial charge in [0.15, 0.2) is 0 Å². The maximum Gasteiger partial charge on any atom is 0.318 e. The van der Waals surface area contributed by atoms with Crippen LogP contribution in [0.5, 0.6) is 0 Å². The Kier molecular flexibility index (Phi) is 6.33. The van der Waals surface area contributed by atoms with Crippen molar-refractivity contribution in [1.82, 2.24) is 4.90 Å². The van der Waals surface area contributed by atoms with Gasteiger partial charge >= 0.3 is 11.8 Å². The fourth-order valence-electron chi connectivity index (χ4n) is 1.84. The van der Waals surface area contributed by atoms with Crippen LogP contribution in [-0.2, 0) is 14.4 Å². The summed E-state index contributed by atoms with van der Waals surface area (Å²) in [5.41, 5.74) is 7.36. The van der Waals surface area contributed by atoms with Crippen LogP contribution in [0.1, 0.15) is 17.5 Å². The molecule has 0 spiro atoms. The maximum absolute atomic E-state index is 11.9. The molecule has 0 aromatic heterocycles. The van der Waals surface area contributed by atoms with Gasteiger partial charge in [-0.3, -0.25) is 19.3 Å². The zero-order chi connectivity index (χ0) is 16.0. The average Bonchev–Trinajstić information content (AvgIpc) is 2.43. The third-order valence-corrected chi connectivity index (χ3v) is 3.15. The van der Waals surface area contributed by atoms with E-state index < -0.39 is 11.8 Å². The van der Waals surface area contributed by atoms with Gasteiger partial charge in [0.1, 0.15) is 0 Å². The lowest BCUT2D eigenvalue weighted by Crippen LogP contribution is -2.40. The van der Waals surface area contributed by atoms with Crippen LogP contribution in [0.4, 0.5) is 5.69 Å². The van der Waals surface area contributed by atoms with Gasteiger partial charge < -0.3 is 11.1 Å². The third-order valence-electron chi connectivity index (χ3n) is 2.86. The van der Waals surface area contributed by atoms with Crippen molar-refractivity contribution in [1.29, 1.82) is 0 Å². The summed E-state index contributed by atoms with van der Waals surface area (Å²) in [6.45, 7) is 4.07. The molecule has 0 radical (unpaired) electrons. The summed E-state index contributed by atoms with van der Waals surface area (Å²) < 4.78 is 0. The number of carbonyl (C=O) groups is 3. The maximum atomic E-state index is 11.9. The number of hydrogen-bond acceptors (Lipinski definition) is 4. The highest BCUT2D eigenvalue weighted by atomic mass is 35.5. The standard InChI is InChI=1S/C14H18ClN3O3/c1-9-6-10(2)12(11(15)7-9)17-13(20)14(21)18(8-19)5-3-4-16/h6-8H,3-5,16H2,1-2H3,(H,17,20). The highest BCUT2D eigenvalue weighted by Crippen LogP contribution is 2.27. The number of anilines is 1. The summed E-state index contributed by atoms with van der Waals surface area (Å²) in [4.78, 5) is 35.4. The second kappa shape index (κ2) is 7.75. The molecule has 1 aromatic rings. The van der Waals surface area contributed by atoms with Crippen LogP contribution in [0.15, 0.2) is 12.1 Å². The molecule has 1 rings (SSSR count). The normalized spacial score (nSPS) is 10.1. The molecular formula is C14H18ClN3O3. The number of carbonyl (C=O) groups excluding carboxylic acids is 3. The molecule has 6 nitrogen and oxygen atoms in total. The molecule has 0 saturated carbocycles. The number of amides is 3. The molecule has 3 N–H and O–H groups in total. The quantitative estimate of drug-likeness (QED) is 0.632. The highest BCUT2D eigenvalue weighted by Gasteiger charge is 2.22. The predicted molar refractivity (Wildman–Crippen MR) is 81.0 cm³/mol. The molecule has 0 atom stereocenters. The summed E-state index contributed by atoms with van der Waals surface area (Å²) in [6, 6.07) is 3.51. The van der Waals surface area contributed by atoms with E-state index in [1.54, 1.807) is 13.0 Å². The van der Waals surface area contributed by atoms with Crippen LogP contribution in [0, 0.1) is 13.8 Å². The first kappa shape index (κ1) is 17.1. The van der Waals surface area contributed by atoms with Gasteiger partial charge in [-0.05, 0) is 44.0 Å². The number of nitrogens with two attached hydrogens (primary N) is 1. The lowest BCUT2D eigenvalue weighted by Gasteiger charge is -2.16. The minimum Gasteiger partial charge on any atom is -0.330 e. The van der Waals surface area contributed by atoms with Gasteiger partial charge in [0.25, 0.3) is 0 Å². The monoisotopic (exact) mass is 311 g/mol. The Morgan fingerprint density at radius 2 is 2.05 bits per heavy atom. The van der Waals surface area contributed by atoms with Crippen LogP contribution >= 0.6 is 11.6 Å². The van der Waals surface area contributed by atoms with Crippen LogP contribution in [0.2, 0.25) is 5.02 Å². The summed E-state index contributed by atoms with van der Waals surface area (Å²) in [5, 5.41) is 2.79. The number of imide groups is 1. The molecule has 1 aromatic carbocycles. The molecule has 3 amide bonds. The Bertz CT molecular complexity index is 537. The molecule has 0 heterocycles. The Balaban J connectivity index is 2.85. The largest absolute Gasteiger partial charge is 0.330 e. The summed E-state index contributed by atoms with van der Waals surface area (Å²) in [7, 11) is 0. The van der Waals surface area contributed by atoms with E-state index in [0.29, 0.717) is 30.1 Å². The van der Waals surface area contributed by atoms with Crippen molar-refractivity contribution in [3.05, 3.63) is 28.3 Å². The van der Waals surface area contributed by atoms with E-state index in [1.165, 1.54) is 0 Å². The van der Waals surface area contributed by atoms with Crippen molar-refractivity contribution >= 4 is 35.5 Å². The first-order chi connectivity index (χ1) is 9.90. The van der Waals surface area contributed by atoms with E-state index in [2.05, 4.69) is 5.32 Å². The van der Waals surface area contributed by atoms with Crippen LogP contribution in [0.3, 0.4) is 0 Å². The smallest absolute Gasteiger partial charge is 0.318 e. The Labute approximate surface area is 128 Å². The minimum absolute atomic E-state index is 0.104. The van der Waals surface area contributed by atoms with Gasteiger partial charge in [-0.25, -0.2) is 0 Å². The molecule has 7 heteroatoms. The van der Waals surface area contributed by atoms with E-state index >= 15 is 0 Å². The van der Waals surface area contributed by atoms with E-state index in [1.807, 2.05) is 13.0 Å². The SMILES string of the molecule is Cc1cc(C)c(NC(=O)C(=O)N(C=O)CCCN)c(Cl)c1. The fraction of sp³-hybridized carbons (Fsp3) is 0.357. The zero-order valence-corrected chi connectivity index (χ0v) is 12.7. The summed E-state index contributed by atoms with van der Waals surface area (Å²) in [5.74, 6) is -1.84. The van der Waals surface area contributed by atoms with Crippen molar-refractivity contribution in [3.63, 3.8) is 0 Å². The minimum atomic E-state index is -0.936. The van der Waals surface area contributed by atoms with Crippen molar-refractivity contribution in [2.45, 2.75) is 20.3 Å². The molecule has 0 saturated heterocycles.